The van der Waals surface area contributed by atoms with Crippen molar-refractivity contribution in [1.82, 2.24) is 9.55 Å². The van der Waals surface area contributed by atoms with Crippen LogP contribution >= 0.6 is 12.4 Å². The van der Waals surface area contributed by atoms with Crippen molar-refractivity contribution in [2.75, 3.05) is 7.11 Å². The van der Waals surface area contributed by atoms with E-state index in [1.807, 2.05) is 73.1 Å². The zero-order chi connectivity index (χ0) is 24.1. The zero-order valence-corrected chi connectivity index (χ0v) is 20.6. The molecule has 4 aromatic rings. The summed E-state index contributed by atoms with van der Waals surface area (Å²) in [4.78, 5) is 16.0. The molecule has 0 amide bonds. The van der Waals surface area contributed by atoms with Gasteiger partial charge in [0.2, 0.25) is 0 Å². The molecule has 0 saturated heterocycles. The quantitative estimate of drug-likeness (QED) is 0.309. The van der Waals surface area contributed by atoms with E-state index in [0.29, 0.717) is 17.7 Å². The van der Waals surface area contributed by atoms with Gasteiger partial charge in [0, 0.05) is 12.6 Å². The molecular weight excluding hydrogens is 462 g/mol. The molecule has 178 valence electrons. The highest BCUT2D eigenvalue weighted by Gasteiger charge is 2.21. The number of aromatic nitrogens is 2. The molecule has 0 aliphatic heterocycles. The zero-order valence-electron chi connectivity index (χ0n) is 19.8. The number of halogens is 1. The van der Waals surface area contributed by atoms with Crippen LogP contribution in [0.15, 0.2) is 79.3 Å². The first-order valence-corrected chi connectivity index (χ1v) is 10.9. The molecule has 35 heavy (non-hydrogen) atoms. The fourth-order valence-electron chi connectivity index (χ4n) is 3.93. The summed E-state index contributed by atoms with van der Waals surface area (Å²) in [6.07, 6.45) is 3.13. The highest BCUT2D eigenvalue weighted by Crippen LogP contribution is 2.33. The summed E-state index contributed by atoms with van der Waals surface area (Å²) in [7, 11) is 3.29. The number of imidazole rings is 1. The summed E-state index contributed by atoms with van der Waals surface area (Å²) in [5, 5.41) is 9.73. The minimum Gasteiger partial charge on any atom is -0.465 e. The molecule has 7 heteroatoms. The van der Waals surface area contributed by atoms with Gasteiger partial charge < -0.3 is 14.0 Å². The summed E-state index contributed by atoms with van der Waals surface area (Å²) in [5.41, 5.74) is 6.83. The summed E-state index contributed by atoms with van der Waals surface area (Å²) in [5.74, 6) is -0.374. The third kappa shape index (κ3) is 5.60. The molecule has 0 spiro atoms. The molecule has 4 rings (SSSR count). The van der Waals surface area contributed by atoms with Gasteiger partial charge in [-0.25, -0.2) is 9.78 Å². The van der Waals surface area contributed by atoms with Gasteiger partial charge in [0.1, 0.15) is 6.10 Å². The third-order valence-electron chi connectivity index (χ3n) is 5.82. The van der Waals surface area contributed by atoms with Crippen LogP contribution < -0.4 is 0 Å². The molecule has 1 aromatic heterocycles. The van der Waals surface area contributed by atoms with E-state index in [0.717, 1.165) is 33.5 Å². The minimum absolute atomic E-state index is 0. The molecule has 0 bridgehead atoms. The molecular formula is C28H26ClN3O3. The Labute approximate surface area is 211 Å². The van der Waals surface area contributed by atoms with Crippen molar-refractivity contribution in [3.05, 3.63) is 113 Å². The number of hydrogen-bond acceptors (Lipinski definition) is 5. The lowest BCUT2D eigenvalue weighted by Gasteiger charge is -2.21. The van der Waals surface area contributed by atoms with Crippen molar-refractivity contribution in [3.8, 4) is 17.2 Å². The van der Waals surface area contributed by atoms with Crippen molar-refractivity contribution >= 4 is 18.4 Å². The van der Waals surface area contributed by atoms with Crippen LogP contribution in [0.2, 0.25) is 0 Å². The van der Waals surface area contributed by atoms with Crippen LogP contribution in [0.1, 0.15) is 44.4 Å². The minimum atomic E-state index is -0.400. The SMILES string of the molecule is COC(=O)c1ccc(COC(c2ccc(C#N)c(-c3ccccc3C)c2)c2cncn2C)cc1.Cl. The molecule has 1 heterocycles. The number of aryl methyl sites for hydroxylation is 2. The monoisotopic (exact) mass is 487 g/mol. The number of hydrogen-bond donors (Lipinski definition) is 0. The second-order valence-corrected chi connectivity index (χ2v) is 8.04. The van der Waals surface area contributed by atoms with Gasteiger partial charge in [0.05, 0.1) is 49.1 Å². The largest absolute Gasteiger partial charge is 0.465 e. The van der Waals surface area contributed by atoms with Crippen LogP contribution in [-0.4, -0.2) is 22.6 Å². The fraction of sp³-hybridized carbons (Fsp3) is 0.179. The average molecular weight is 488 g/mol. The Bertz CT molecular complexity index is 1360. The standard InChI is InChI=1S/C28H25N3O3.ClH/c1-19-6-4-5-7-24(19)25-14-22(12-13-23(25)15-29)27(26-16-30-18-31(26)2)34-17-20-8-10-21(11-9-20)28(32)33-3;/h4-14,16,18,27H,17H2,1-3H3;1H. The van der Waals surface area contributed by atoms with Crippen LogP contribution in [0.25, 0.3) is 11.1 Å². The Kier molecular flexibility index (Phi) is 8.43. The van der Waals surface area contributed by atoms with Crippen molar-refractivity contribution in [2.45, 2.75) is 19.6 Å². The number of rotatable bonds is 7. The van der Waals surface area contributed by atoms with E-state index in [1.165, 1.54) is 7.11 Å². The molecule has 3 aromatic carbocycles. The van der Waals surface area contributed by atoms with E-state index in [2.05, 4.69) is 11.1 Å². The Hall–Kier alpha value is -3.92. The van der Waals surface area contributed by atoms with Crippen molar-refractivity contribution in [3.63, 3.8) is 0 Å². The first kappa shape index (κ1) is 25.7. The molecule has 0 aliphatic carbocycles. The van der Waals surface area contributed by atoms with Gasteiger partial charge in [-0.3, -0.25) is 0 Å². The van der Waals surface area contributed by atoms with E-state index >= 15 is 0 Å². The molecule has 0 fully saturated rings. The van der Waals surface area contributed by atoms with Crippen LogP contribution in [0.5, 0.6) is 0 Å². The Balaban J connectivity index is 0.00000342. The summed E-state index contributed by atoms with van der Waals surface area (Å²) in [6.45, 7) is 2.37. The topological polar surface area (TPSA) is 77.1 Å². The predicted octanol–water partition coefficient (Wildman–Crippen LogP) is 5.78. The highest BCUT2D eigenvalue weighted by atomic mass is 35.5. The number of benzene rings is 3. The maximum atomic E-state index is 11.7. The van der Waals surface area contributed by atoms with Gasteiger partial charge in [-0.05, 0) is 53.4 Å². The van der Waals surface area contributed by atoms with Crippen LogP contribution in [0, 0.1) is 18.3 Å². The summed E-state index contributed by atoms with van der Waals surface area (Å²) < 4.78 is 13.1. The molecule has 1 atom stereocenters. The van der Waals surface area contributed by atoms with E-state index < -0.39 is 6.10 Å². The first-order valence-electron chi connectivity index (χ1n) is 10.9. The number of nitriles is 1. The van der Waals surface area contributed by atoms with E-state index in [9.17, 15) is 10.1 Å². The van der Waals surface area contributed by atoms with Gasteiger partial charge in [-0.2, -0.15) is 5.26 Å². The Morgan fingerprint density at radius 2 is 1.83 bits per heavy atom. The molecule has 0 aliphatic rings. The smallest absolute Gasteiger partial charge is 0.337 e. The van der Waals surface area contributed by atoms with Crippen LogP contribution in [-0.2, 0) is 23.1 Å². The van der Waals surface area contributed by atoms with E-state index in [1.54, 1.807) is 24.7 Å². The maximum absolute atomic E-state index is 11.7. The molecule has 0 N–H and O–H groups in total. The number of esters is 1. The molecule has 0 radical (unpaired) electrons. The number of carbonyl (C=O) groups is 1. The van der Waals surface area contributed by atoms with Crippen molar-refractivity contribution in [1.29, 1.82) is 5.26 Å². The predicted molar refractivity (Wildman–Crippen MR) is 136 cm³/mol. The summed E-state index contributed by atoms with van der Waals surface area (Å²) >= 11 is 0. The Morgan fingerprint density at radius 1 is 1.09 bits per heavy atom. The van der Waals surface area contributed by atoms with Crippen LogP contribution in [0.4, 0.5) is 0 Å². The third-order valence-corrected chi connectivity index (χ3v) is 5.82. The van der Waals surface area contributed by atoms with Crippen LogP contribution in [0.3, 0.4) is 0 Å². The second kappa shape index (κ2) is 11.5. The molecule has 1 unspecified atom stereocenters. The number of methoxy groups -OCH3 is 1. The van der Waals surface area contributed by atoms with Gasteiger partial charge in [-0.1, -0.05) is 42.5 Å². The van der Waals surface area contributed by atoms with Crippen molar-refractivity contribution < 1.29 is 14.3 Å². The van der Waals surface area contributed by atoms with Crippen molar-refractivity contribution in [2.24, 2.45) is 7.05 Å². The lowest BCUT2D eigenvalue weighted by molar-refractivity contribution is 0.0596. The fourth-order valence-corrected chi connectivity index (χ4v) is 3.93. The average Bonchev–Trinajstić information content (AvgIpc) is 3.29. The second-order valence-electron chi connectivity index (χ2n) is 8.04. The molecule has 6 nitrogen and oxygen atoms in total. The maximum Gasteiger partial charge on any atom is 0.337 e. The highest BCUT2D eigenvalue weighted by molar-refractivity contribution is 5.89. The lowest BCUT2D eigenvalue weighted by Crippen LogP contribution is -2.11. The Morgan fingerprint density at radius 3 is 2.46 bits per heavy atom. The number of carbonyl (C=O) groups excluding carboxylic acids is 1. The molecule has 0 saturated carbocycles. The number of ether oxygens (including phenoxy) is 2. The lowest BCUT2D eigenvalue weighted by atomic mass is 9.93. The van der Waals surface area contributed by atoms with Gasteiger partial charge in [0.15, 0.2) is 0 Å². The van der Waals surface area contributed by atoms with E-state index in [-0.39, 0.29) is 18.4 Å². The van der Waals surface area contributed by atoms with E-state index in [4.69, 9.17) is 9.47 Å². The van der Waals surface area contributed by atoms with Gasteiger partial charge in [0.25, 0.3) is 0 Å². The summed E-state index contributed by atoms with van der Waals surface area (Å²) in [6, 6.07) is 23.3. The number of nitrogens with zero attached hydrogens (tertiary/aromatic N) is 3. The van der Waals surface area contributed by atoms with Gasteiger partial charge in [-0.15, -0.1) is 12.4 Å². The normalized spacial score (nSPS) is 11.3. The first-order chi connectivity index (χ1) is 16.5. The van der Waals surface area contributed by atoms with Gasteiger partial charge >= 0.3 is 5.97 Å².